The van der Waals surface area contributed by atoms with E-state index in [-0.39, 0.29) is 6.61 Å². The maximum absolute atomic E-state index is 9.16. The Labute approximate surface area is 145 Å². The number of hydrogen-bond donors (Lipinski definition) is 1. The number of aliphatic hydroxyl groups is 1. The average Bonchev–Trinajstić information content (AvgIpc) is 2.91. The summed E-state index contributed by atoms with van der Waals surface area (Å²) in [7, 11) is 0. The zero-order valence-corrected chi connectivity index (χ0v) is 13.9. The van der Waals surface area contributed by atoms with Crippen molar-refractivity contribution in [3.8, 4) is 16.9 Å². The summed E-state index contributed by atoms with van der Waals surface area (Å²) in [6.45, 7) is 0.106. The van der Waals surface area contributed by atoms with Crippen LogP contribution in [0, 0.1) is 0 Å². The van der Waals surface area contributed by atoms with Crippen molar-refractivity contribution in [3.63, 3.8) is 0 Å². The first kappa shape index (κ1) is 16.1. The fourth-order valence-corrected chi connectivity index (χ4v) is 3.06. The van der Waals surface area contributed by atoms with Crippen molar-refractivity contribution in [1.82, 2.24) is 9.78 Å². The maximum atomic E-state index is 9.16. The summed E-state index contributed by atoms with van der Waals surface area (Å²) in [6.07, 6.45) is 1.26. The Morgan fingerprint density at radius 1 is 0.957 bits per heavy atom. The van der Waals surface area contributed by atoms with Crippen molar-refractivity contribution in [1.29, 1.82) is 0 Å². The van der Waals surface area contributed by atoms with Gasteiger partial charge in [-0.05, 0) is 31.0 Å². The number of rotatable bonds is 5. The molecule has 1 N–H and O–H groups in total. The molecule has 3 rings (SSSR count). The van der Waals surface area contributed by atoms with Crippen LogP contribution in [0.1, 0.15) is 12.0 Å². The summed E-state index contributed by atoms with van der Waals surface area (Å²) in [6, 6.07) is 17.3. The Hall–Kier alpha value is -1.81. The fraction of sp³-hybridized carbons (Fsp3) is 0.167. The van der Waals surface area contributed by atoms with Gasteiger partial charge in [0.1, 0.15) is 5.15 Å². The molecule has 23 heavy (non-hydrogen) atoms. The van der Waals surface area contributed by atoms with Gasteiger partial charge in [-0.2, -0.15) is 5.10 Å². The van der Waals surface area contributed by atoms with Gasteiger partial charge in [0, 0.05) is 17.7 Å². The first-order valence-corrected chi connectivity index (χ1v) is 8.16. The molecule has 0 aliphatic carbocycles. The molecule has 0 saturated carbocycles. The van der Waals surface area contributed by atoms with Gasteiger partial charge < -0.3 is 5.11 Å². The third kappa shape index (κ3) is 3.27. The molecule has 1 aromatic heterocycles. The van der Waals surface area contributed by atoms with Gasteiger partial charge in [-0.3, -0.25) is 0 Å². The zero-order chi connectivity index (χ0) is 16.2. The smallest absolute Gasteiger partial charge is 0.136 e. The van der Waals surface area contributed by atoms with Gasteiger partial charge in [0.15, 0.2) is 0 Å². The van der Waals surface area contributed by atoms with Crippen LogP contribution < -0.4 is 0 Å². The Bertz CT molecular complexity index is 800. The Kier molecular flexibility index (Phi) is 5.01. The number of benzene rings is 2. The van der Waals surface area contributed by atoms with E-state index in [1.165, 1.54) is 0 Å². The van der Waals surface area contributed by atoms with Crippen molar-refractivity contribution < 1.29 is 5.11 Å². The van der Waals surface area contributed by atoms with E-state index in [2.05, 4.69) is 5.10 Å². The van der Waals surface area contributed by atoms with E-state index in [1.54, 1.807) is 4.68 Å². The Morgan fingerprint density at radius 2 is 1.65 bits per heavy atom. The van der Waals surface area contributed by atoms with E-state index in [1.807, 2.05) is 54.6 Å². The molecule has 5 heteroatoms. The summed E-state index contributed by atoms with van der Waals surface area (Å²) in [5.41, 5.74) is 3.40. The molecule has 0 radical (unpaired) electrons. The molecular formula is C18H16Cl2N2O. The lowest BCUT2D eigenvalue weighted by atomic mass is 10.0. The molecule has 2 aromatic carbocycles. The van der Waals surface area contributed by atoms with Crippen molar-refractivity contribution in [2.24, 2.45) is 0 Å². The van der Waals surface area contributed by atoms with Crippen LogP contribution in [0.5, 0.6) is 0 Å². The predicted octanol–water partition coefficient (Wildman–Crippen LogP) is 4.77. The summed E-state index contributed by atoms with van der Waals surface area (Å²) in [5, 5.41) is 15.0. The number of aliphatic hydroxyl groups excluding tert-OH is 1. The number of hydrogen-bond acceptors (Lipinski definition) is 2. The van der Waals surface area contributed by atoms with Gasteiger partial charge in [0.05, 0.1) is 16.4 Å². The minimum Gasteiger partial charge on any atom is -0.396 e. The molecule has 3 aromatic rings. The second-order valence-electron chi connectivity index (χ2n) is 5.17. The van der Waals surface area contributed by atoms with Crippen LogP contribution in [-0.4, -0.2) is 21.5 Å². The first-order valence-electron chi connectivity index (χ1n) is 7.41. The van der Waals surface area contributed by atoms with Crippen LogP contribution in [0.2, 0.25) is 10.2 Å². The van der Waals surface area contributed by atoms with Gasteiger partial charge >= 0.3 is 0 Å². The highest BCUT2D eigenvalue weighted by Crippen LogP contribution is 2.35. The number of para-hydroxylation sites is 1. The van der Waals surface area contributed by atoms with E-state index in [9.17, 15) is 0 Å². The average molecular weight is 347 g/mol. The standard InChI is InChI=1S/C18H16Cl2N2O/c19-16-11-5-4-9-14(16)17-15(10-6-12-23)18(20)22(21-17)13-7-2-1-3-8-13/h1-5,7-9,11,23H,6,10,12H2. The lowest BCUT2D eigenvalue weighted by Gasteiger charge is -2.04. The first-order chi connectivity index (χ1) is 11.2. The van der Waals surface area contributed by atoms with Crippen molar-refractivity contribution in [2.75, 3.05) is 6.61 Å². The molecule has 0 amide bonds. The predicted molar refractivity (Wildman–Crippen MR) is 94.4 cm³/mol. The van der Waals surface area contributed by atoms with Gasteiger partial charge in [-0.25, -0.2) is 4.68 Å². The summed E-state index contributed by atoms with van der Waals surface area (Å²) in [5.74, 6) is 0. The molecule has 3 nitrogen and oxygen atoms in total. The SMILES string of the molecule is OCCCc1c(-c2ccccc2Cl)nn(-c2ccccc2)c1Cl. The molecule has 0 bridgehead atoms. The van der Waals surface area contributed by atoms with Crippen molar-refractivity contribution >= 4 is 23.2 Å². The highest BCUT2D eigenvalue weighted by atomic mass is 35.5. The molecule has 1 heterocycles. The molecule has 0 fully saturated rings. The minimum atomic E-state index is 0.106. The van der Waals surface area contributed by atoms with Crippen LogP contribution in [0.4, 0.5) is 0 Å². The summed E-state index contributed by atoms with van der Waals surface area (Å²) >= 11 is 12.9. The zero-order valence-electron chi connectivity index (χ0n) is 12.4. The Morgan fingerprint density at radius 3 is 2.35 bits per heavy atom. The maximum Gasteiger partial charge on any atom is 0.136 e. The number of halogens is 2. The van der Waals surface area contributed by atoms with Gasteiger partial charge in [-0.15, -0.1) is 0 Å². The monoisotopic (exact) mass is 346 g/mol. The number of nitrogens with zero attached hydrogens (tertiary/aromatic N) is 2. The van der Waals surface area contributed by atoms with E-state index >= 15 is 0 Å². The third-order valence-corrected chi connectivity index (χ3v) is 4.35. The van der Waals surface area contributed by atoms with Crippen molar-refractivity contribution in [2.45, 2.75) is 12.8 Å². The quantitative estimate of drug-likeness (QED) is 0.722. The molecule has 0 spiro atoms. The third-order valence-electron chi connectivity index (χ3n) is 3.64. The van der Waals surface area contributed by atoms with Crippen molar-refractivity contribution in [3.05, 3.63) is 70.3 Å². The van der Waals surface area contributed by atoms with E-state index in [0.717, 1.165) is 22.5 Å². The highest BCUT2D eigenvalue weighted by Gasteiger charge is 2.19. The van der Waals surface area contributed by atoms with E-state index < -0.39 is 0 Å². The van der Waals surface area contributed by atoms with Crippen LogP contribution in [0.25, 0.3) is 16.9 Å². The van der Waals surface area contributed by atoms with E-state index in [4.69, 9.17) is 28.3 Å². The fourth-order valence-electron chi connectivity index (χ4n) is 2.52. The number of aromatic nitrogens is 2. The second kappa shape index (κ2) is 7.18. The molecule has 0 aliphatic heterocycles. The second-order valence-corrected chi connectivity index (χ2v) is 5.94. The highest BCUT2D eigenvalue weighted by molar-refractivity contribution is 6.34. The van der Waals surface area contributed by atoms with Gasteiger partial charge in [0.25, 0.3) is 0 Å². The molecule has 0 atom stereocenters. The van der Waals surface area contributed by atoms with Gasteiger partial charge in [0.2, 0.25) is 0 Å². The summed E-state index contributed by atoms with van der Waals surface area (Å²) < 4.78 is 1.72. The van der Waals surface area contributed by atoms with Crippen LogP contribution in [0.3, 0.4) is 0 Å². The lowest BCUT2D eigenvalue weighted by Crippen LogP contribution is -1.96. The van der Waals surface area contributed by atoms with Crippen LogP contribution in [-0.2, 0) is 6.42 Å². The molecular weight excluding hydrogens is 331 g/mol. The van der Waals surface area contributed by atoms with Crippen LogP contribution in [0.15, 0.2) is 54.6 Å². The molecule has 0 aliphatic rings. The van der Waals surface area contributed by atoms with E-state index in [0.29, 0.717) is 23.0 Å². The summed E-state index contributed by atoms with van der Waals surface area (Å²) in [4.78, 5) is 0. The minimum absolute atomic E-state index is 0.106. The largest absolute Gasteiger partial charge is 0.396 e. The Balaban J connectivity index is 2.16. The molecule has 118 valence electrons. The lowest BCUT2D eigenvalue weighted by molar-refractivity contribution is 0.288. The molecule has 0 unspecified atom stereocenters. The van der Waals surface area contributed by atoms with Gasteiger partial charge in [-0.1, -0.05) is 59.6 Å². The topological polar surface area (TPSA) is 38.1 Å². The normalized spacial score (nSPS) is 10.9. The van der Waals surface area contributed by atoms with Crippen LogP contribution >= 0.6 is 23.2 Å². The molecule has 0 saturated heterocycles.